The highest BCUT2D eigenvalue weighted by Gasteiger charge is 2.29. The fourth-order valence-corrected chi connectivity index (χ4v) is 2.55. The second kappa shape index (κ2) is 6.90. The zero-order valence-electron chi connectivity index (χ0n) is 12.1. The molecule has 1 aromatic carbocycles. The molecule has 0 spiro atoms. The Bertz CT molecular complexity index is 549. The number of rotatable bonds is 5. The monoisotopic (exact) mass is 312 g/mol. The molecule has 0 bridgehead atoms. The van der Waals surface area contributed by atoms with Crippen molar-refractivity contribution in [2.24, 2.45) is 16.9 Å². The minimum atomic E-state index is -0.143. The van der Waals surface area contributed by atoms with Crippen LogP contribution in [0, 0.1) is 11.8 Å². The number of hydrogen-bond donors (Lipinski definition) is 6. The zero-order valence-corrected chi connectivity index (χ0v) is 12.1. The quantitative estimate of drug-likeness (QED) is 0.452. The fourth-order valence-electron chi connectivity index (χ4n) is 2.55. The normalized spacial score (nSPS) is 22.9. The molecule has 6 N–H and O–H groups in total. The second-order valence-electron chi connectivity index (χ2n) is 5.30. The maximum absolute atomic E-state index is 9.39. The summed E-state index contributed by atoms with van der Waals surface area (Å²) in [6, 6.07) is 3.92. The van der Waals surface area contributed by atoms with Crippen molar-refractivity contribution in [3.63, 3.8) is 0 Å². The van der Waals surface area contributed by atoms with Crippen LogP contribution < -0.4 is 15.9 Å². The SMILES string of the molecule is C[C@@H]1CCC(=NNc2ccc(N(O)O)cc2N(O)O)[C@@H]1CO. The Hall–Kier alpha value is -1.91. The van der Waals surface area contributed by atoms with Gasteiger partial charge < -0.3 is 5.11 Å². The Morgan fingerprint density at radius 2 is 1.95 bits per heavy atom. The molecule has 0 radical (unpaired) electrons. The lowest BCUT2D eigenvalue weighted by Gasteiger charge is -2.17. The summed E-state index contributed by atoms with van der Waals surface area (Å²) >= 11 is 0. The molecule has 0 aliphatic heterocycles. The van der Waals surface area contributed by atoms with Crippen LogP contribution in [0.5, 0.6) is 0 Å². The van der Waals surface area contributed by atoms with E-state index in [4.69, 9.17) is 10.4 Å². The molecule has 0 saturated heterocycles. The number of nitrogens with zero attached hydrogens (tertiary/aromatic N) is 3. The van der Waals surface area contributed by atoms with Crippen LogP contribution in [0.25, 0.3) is 0 Å². The lowest BCUT2D eigenvalue weighted by Crippen LogP contribution is -2.19. The van der Waals surface area contributed by atoms with Crippen molar-refractivity contribution in [1.82, 2.24) is 0 Å². The van der Waals surface area contributed by atoms with E-state index in [0.29, 0.717) is 5.92 Å². The van der Waals surface area contributed by atoms with Gasteiger partial charge in [0, 0.05) is 11.6 Å². The van der Waals surface area contributed by atoms with Gasteiger partial charge in [0.2, 0.25) is 0 Å². The van der Waals surface area contributed by atoms with E-state index in [1.54, 1.807) is 0 Å². The first-order chi connectivity index (χ1) is 10.4. The molecule has 1 aromatic rings. The van der Waals surface area contributed by atoms with Gasteiger partial charge in [-0.3, -0.25) is 26.3 Å². The number of anilines is 3. The number of hydrazone groups is 1. The molecular formula is C13H20N4O5. The van der Waals surface area contributed by atoms with Crippen LogP contribution >= 0.6 is 0 Å². The van der Waals surface area contributed by atoms with Crippen molar-refractivity contribution in [2.45, 2.75) is 19.8 Å². The molecule has 122 valence electrons. The average molecular weight is 312 g/mol. The van der Waals surface area contributed by atoms with E-state index in [-0.39, 0.29) is 40.0 Å². The summed E-state index contributed by atoms with van der Waals surface area (Å²) in [5.41, 5.74) is 3.64. The van der Waals surface area contributed by atoms with Crippen LogP contribution in [0.15, 0.2) is 23.3 Å². The van der Waals surface area contributed by atoms with E-state index < -0.39 is 0 Å². The summed E-state index contributed by atoms with van der Waals surface area (Å²) in [6.45, 7) is 2.06. The van der Waals surface area contributed by atoms with E-state index in [2.05, 4.69) is 10.5 Å². The molecule has 0 amide bonds. The average Bonchev–Trinajstić information content (AvgIpc) is 2.84. The first-order valence-electron chi connectivity index (χ1n) is 6.87. The van der Waals surface area contributed by atoms with E-state index in [1.165, 1.54) is 12.1 Å². The number of benzene rings is 1. The lowest BCUT2D eigenvalue weighted by atomic mass is 9.98. The van der Waals surface area contributed by atoms with Crippen molar-refractivity contribution < 1.29 is 25.9 Å². The molecule has 0 aromatic heterocycles. The molecular weight excluding hydrogens is 292 g/mol. The van der Waals surface area contributed by atoms with Crippen molar-refractivity contribution in [1.29, 1.82) is 0 Å². The van der Waals surface area contributed by atoms with Crippen LogP contribution in [-0.4, -0.2) is 38.3 Å². The summed E-state index contributed by atoms with van der Waals surface area (Å²) in [7, 11) is 0. The third kappa shape index (κ3) is 3.46. The van der Waals surface area contributed by atoms with Gasteiger partial charge in [-0.05, 0) is 37.0 Å². The predicted octanol–water partition coefficient (Wildman–Crippen LogP) is 1.66. The van der Waals surface area contributed by atoms with Crippen molar-refractivity contribution in [3.8, 4) is 0 Å². The molecule has 22 heavy (non-hydrogen) atoms. The third-order valence-corrected chi connectivity index (χ3v) is 3.92. The molecule has 1 saturated carbocycles. The van der Waals surface area contributed by atoms with Gasteiger partial charge in [-0.1, -0.05) is 6.92 Å². The number of aliphatic hydroxyl groups excluding tert-OH is 1. The Morgan fingerprint density at radius 3 is 2.55 bits per heavy atom. The predicted molar refractivity (Wildman–Crippen MR) is 78.6 cm³/mol. The Labute approximate surface area is 127 Å². The fraction of sp³-hybridized carbons (Fsp3) is 0.462. The van der Waals surface area contributed by atoms with Crippen LogP contribution in [0.1, 0.15) is 19.8 Å². The molecule has 1 fully saturated rings. The summed E-state index contributed by atoms with van der Waals surface area (Å²) in [6.07, 6.45) is 1.70. The molecule has 1 aliphatic carbocycles. The van der Waals surface area contributed by atoms with Crippen LogP contribution in [-0.2, 0) is 0 Å². The number of aliphatic hydroxyl groups is 1. The highest BCUT2D eigenvalue weighted by molar-refractivity contribution is 5.90. The number of hydrogen-bond acceptors (Lipinski definition) is 9. The molecule has 9 nitrogen and oxygen atoms in total. The van der Waals surface area contributed by atoms with E-state index in [9.17, 15) is 15.5 Å². The van der Waals surface area contributed by atoms with Crippen LogP contribution in [0.4, 0.5) is 17.1 Å². The first-order valence-corrected chi connectivity index (χ1v) is 6.87. The van der Waals surface area contributed by atoms with E-state index in [1.807, 2.05) is 6.92 Å². The van der Waals surface area contributed by atoms with Gasteiger partial charge in [0.15, 0.2) is 0 Å². The van der Waals surface area contributed by atoms with Gasteiger partial charge in [-0.2, -0.15) is 5.10 Å². The summed E-state index contributed by atoms with van der Waals surface area (Å²) in [5, 5.41) is 49.7. The Morgan fingerprint density at radius 1 is 1.23 bits per heavy atom. The van der Waals surface area contributed by atoms with Gasteiger partial charge in [-0.15, -0.1) is 10.5 Å². The molecule has 0 unspecified atom stereocenters. The number of nitrogens with one attached hydrogen (secondary N) is 1. The van der Waals surface area contributed by atoms with Crippen molar-refractivity contribution in [3.05, 3.63) is 18.2 Å². The van der Waals surface area contributed by atoms with Crippen LogP contribution in [0.3, 0.4) is 0 Å². The molecule has 2 atom stereocenters. The van der Waals surface area contributed by atoms with E-state index in [0.717, 1.165) is 24.6 Å². The van der Waals surface area contributed by atoms with Crippen molar-refractivity contribution in [2.75, 3.05) is 22.5 Å². The largest absolute Gasteiger partial charge is 0.396 e. The Kier molecular flexibility index (Phi) is 5.16. The van der Waals surface area contributed by atoms with Gasteiger partial charge in [0.25, 0.3) is 0 Å². The lowest BCUT2D eigenvalue weighted by molar-refractivity contribution is 0.0262. The van der Waals surface area contributed by atoms with E-state index >= 15 is 0 Å². The highest BCUT2D eigenvalue weighted by atomic mass is 16.8. The van der Waals surface area contributed by atoms with Gasteiger partial charge >= 0.3 is 0 Å². The first kappa shape index (κ1) is 16.5. The highest BCUT2D eigenvalue weighted by Crippen LogP contribution is 2.31. The standard InChI is InChI=1S/C13H20N4O5/c1-8-2-4-11(10(8)7-18)14-15-12-5-3-9(16(19)20)6-13(12)17(21)22/h3,5-6,8,10,15,18-22H,2,4,7H2,1H3/t8-,10-/m1/s1. The van der Waals surface area contributed by atoms with Gasteiger partial charge in [0.05, 0.1) is 18.0 Å². The van der Waals surface area contributed by atoms with Crippen molar-refractivity contribution >= 4 is 22.8 Å². The Balaban J connectivity index is 2.22. The molecule has 2 rings (SSSR count). The topological polar surface area (TPSA) is 132 Å². The summed E-state index contributed by atoms with van der Waals surface area (Å²) in [5.74, 6) is 0.330. The summed E-state index contributed by atoms with van der Waals surface area (Å²) < 4.78 is 0. The zero-order chi connectivity index (χ0) is 16.3. The molecule has 9 heteroatoms. The second-order valence-corrected chi connectivity index (χ2v) is 5.30. The molecule has 0 heterocycles. The minimum Gasteiger partial charge on any atom is -0.396 e. The maximum atomic E-state index is 9.39. The summed E-state index contributed by atoms with van der Waals surface area (Å²) in [4.78, 5) is 0. The van der Waals surface area contributed by atoms with Gasteiger partial charge in [-0.25, -0.2) is 0 Å². The third-order valence-electron chi connectivity index (χ3n) is 3.92. The maximum Gasteiger partial charge on any atom is 0.121 e. The molecule has 1 aliphatic rings. The van der Waals surface area contributed by atoms with Gasteiger partial charge in [0.1, 0.15) is 5.69 Å². The smallest absolute Gasteiger partial charge is 0.121 e. The minimum absolute atomic E-state index is 0.0139. The van der Waals surface area contributed by atoms with Crippen LogP contribution in [0.2, 0.25) is 0 Å².